The minimum atomic E-state index is -0.0570. The van der Waals surface area contributed by atoms with Crippen LogP contribution in [0.2, 0.25) is 0 Å². The first-order valence-electron chi connectivity index (χ1n) is 9.70. The van der Waals surface area contributed by atoms with E-state index in [1.165, 1.54) is 18.4 Å². The number of fused-ring (bicyclic) bond motifs is 2. The van der Waals surface area contributed by atoms with Crippen LogP contribution in [0.5, 0.6) is 5.75 Å². The van der Waals surface area contributed by atoms with E-state index in [0.717, 1.165) is 64.8 Å². The molecule has 1 unspecified atom stereocenters. The highest BCUT2D eigenvalue weighted by Crippen LogP contribution is 2.37. The number of benzene rings is 1. The molecule has 1 saturated carbocycles. The molecular weight excluding hydrogens is 316 g/mol. The lowest BCUT2D eigenvalue weighted by Crippen LogP contribution is -2.44. The predicted octanol–water partition coefficient (Wildman–Crippen LogP) is 1.60. The molecule has 1 aliphatic carbocycles. The average Bonchev–Trinajstić information content (AvgIpc) is 2.85. The van der Waals surface area contributed by atoms with Gasteiger partial charge in [0.05, 0.1) is 19.3 Å². The Hall–Kier alpha value is -1.14. The van der Waals surface area contributed by atoms with Crippen LogP contribution in [0.4, 0.5) is 0 Å². The van der Waals surface area contributed by atoms with E-state index in [4.69, 9.17) is 9.47 Å². The molecule has 138 valence electrons. The van der Waals surface area contributed by atoms with Gasteiger partial charge in [0.15, 0.2) is 0 Å². The molecule has 3 fully saturated rings. The molecule has 1 aromatic rings. The molecule has 2 heterocycles. The molecule has 3 aliphatic rings. The van der Waals surface area contributed by atoms with Crippen molar-refractivity contribution in [2.24, 2.45) is 11.8 Å². The summed E-state index contributed by atoms with van der Waals surface area (Å²) in [5.41, 5.74) is 1.33. The second-order valence-corrected chi connectivity index (χ2v) is 7.73. The quantitative estimate of drug-likeness (QED) is 0.848. The molecule has 2 aliphatic heterocycles. The third kappa shape index (κ3) is 4.34. The second kappa shape index (κ2) is 8.04. The minimum absolute atomic E-state index is 0.0570. The Bertz CT molecular complexity index is 530. The topological polar surface area (TPSA) is 45.2 Å². The molecule has 2 saturated heterocycles. The number of morpholine rings is 1. The van der Waals surface area contributed by atoms with Crippen molar-refractivity contribution in [3.63, 3.8) is 0 Å². The number of aliphatic hydroxyl groups excluding tert-OH is 1. The third-order valence-corrected chi connectivity index (χ3v) is 5.97. The van der Waals surface area contributed by atoms with Crippen molar-refractivity contribution < 1.29 is 14.6 Å². The van der Waals surface area contributed by atoms with Crippen molar-refractivity contribution >= 4 is 0 Å². The lowest BCUT2D eigenvalue weighted by molar-refractivity contribution is 0.0139. The first-order chi connectivity index (χ1) is 12.3. The Morgan fingerprint density at radius 2 is 1.68 bits per heavy atom. The summed E-state index contributed by atoms with van der Waals surface area (Å²) in [7, 11) is 0. The van der Waals surface area contributed by atoms with E-state index in [1.807, 2.05) is 0 Å². The summed E-state index contributed by atoms with van der Waals surface area (Å²) >= 11 is 0. The zero-order chi connectivity index (χ0) is 17.1. The molecule has 3 atom stereocenters. The number of hydrogen-bond acceptors (Lipinski definition) is 5. The van der Waals surface area contributed by atoms with Crippen molar-refractivity contribution in [3.05, 3.63) is 29.8 Å². The van der Waals surface area contributed by atoms with E-state index in [1.54, 1.807) is 0 Å². The van der Waals surface area contributed by atoms with Crippen LogP contribution in [-0.4, -0.2) is 73.6 Å². The molecule has 4 rings (SSSR count). The first kappa shape index (κ1) is 17.3. The largest absolute Gasteiger partial charge is 0.492 e. The van der Waals surface area contributed by atoms with Gasteiger partial charge in [-0.25, -0.2) is 0 Å². The second-order valence-electron chi connectivity index (χ2n) is 7.73. The minimum Gasteiger partial charge on any atom is -0.492 e. The van der Waals surface area contributed by atoms with Crippen molar-refractivity contribution in [1.82, 2.24) is 9.80 Å². The normalized spacial score (nSPS) is 30.5. The number of aliphatic hydroxyl groups is 1. The molecule has 2 bridgehead atoms. The maximum absolute atomic E-state index is 10.2. The molecular formula is C20H30N2O3. The average molecular weight is 346 g/mol. The fourth-order valence-corrected chi connectivity index (χ4v) is 4.49. The van der Waals surface area contributed by atoms with E-state index in [9.17, 15) is 5.11 Å². The van der Waals surface area contributed by atoms with Crippen LogP contribution in [0.25, 0.3) is 0 Å². The third-order valence-electron chi connectivity index (χ3n) is 5.97. The fraction of sp³-hybridized carbons (Fsp3) is 0.700. The summed E-state index contributed by atoms with van der Waals surface area (Å²) in [5.74, 6) is 1.93. The maximum Gasteiger partial charge on any atom is 0.119 e. The lowest BCUT2D eigenvalue weighted by Gasteiger charge is -2.35. The summed E-state index contributed by atoms with van der Waals surface area (Å²) in [5, 5.41) is 10.2. The standard InChI is InChI=1S/C20H30N2O3/c23-20-17-3-4-18(20)15-22(14-17)13-16-1-5-19(6-2-16)25-12-9-21-7-10-24-11-8-21/h1-2,5-6,17-18,20,23H,3-4,7-15H2/t17-,18+,20?. The van der Waals surface area contributed by atoms with Crippen LogP contribution in [0.3, 0.4) is 0 Å². The van der Waals surface area contributed by atoms with Crippen LogP contribution in [0, 0.1) is 11.8 Å². The van der Waals surface area contributed by atoms with Gasteiger partial charge in [-0.2, -0.15) is 0 Å². The SMILES string of the molecule is OC1[C@@H]2CC[C@H]1CN(Cc1ccc(OCCN3CCOCC3)cc1)C2. The summed E-state index contributed by atoms with van der Waals surface area (Å²) in [6, 6.07) is 8.53. The fourth-order valence-electron chi connectivity index (χ4n) is 4.49. The number of likely N-dealkylation sites (tertiary alicyclic amines) is 1. The van der Waals surface area contributed by atoms with Crippen LogP contribution in [0.15, 0.2) is 24.3 Å². The van der Waals surface area contributed by atoms with Gasteiger partial charge in [-0.1, -0.05) is 12.1 Å². The van der Waals surface area contributed by atoms with E-state index >= 15 is 0 Å². The van der Waals surface area contributed by atoms with Gasteiger partial charge in [0.1, 0.15) is 12.4 Å². The molecule has 1 aromatic carbocycles. The number of ether oxygens (including phenoxy) is 2. The summed E-state index contributed by atoms with van der Waals surface area (Å²) in [6.45, 7) is 8.44. The highest BCUT2D eigenvalue weighted by Gasteiger charge is 2.40. The summed E-state index contributed by atoms with van der Waals surface area (Å²) in [6.07, 6.45) is 2.33. The van der Waals surface area contributed by atoms with Gasteiger partial charge in [-0.3, -0.25) is 9.80 Å². The van der Waals surface area contributed by atoms with Crippen molar-refractivity contribution in [1.29, 1.82) is 0 Å². The molecule has 1 N–H and O–H groups in total. The van der Waals surface area contributed by atoms with Crippen molar-refractivity contribution in [2.75, 3.05) is 52.5 Å². The number of piperidine rings is 1. The zero-order valence-electron chi connectivity index (χ0n) is 15.0. The molecule has 5 nitrogen and oxygen atoms in total. The molecule has 0 spiro atoms. The summed E-state index contributed by atoms with van der Waals surface area (Å²) < 4.78 is 11.2. The Morgan fingerprint density at radius 1 is 1.00 bits per heavy atom. The molecule has 5 heteroatoms. The van der Waals surface area contributed by atoms with Gasteiger partial charge in [-0.15, -0.1) is 0 Å². The lowest BCUT2D eigenvalue weighted by atomic mass is 9.95. The highest BCUT2D eigenvalue weighted by atomic mass is 16.5. The Balaban J connectivity index is 1.22. The molecule has 0 radical (unpaired) electrons. The van der Waals surface area contributed by atoms with Gasteiger partial charge >= 0.3 is 0 Å². The van der Waals surface area contributed by atoms with E-state index in [2.05, 4.69) is 34.1 Å². The van der Waals surface area contributed by atoms with Gasteiger partial charge in [0.25, 0.3) is 0 Å². The smallest absolute Gasteiger partial charge is 0.119 e. The van der Waals surface area contributed by atoms with Gasteiger partial charge in [-0.05, 0) is 42.4 Å². The monoisotopic (exact) mass is 346 g/mol. The van der Waals surface area contributed by atoms with Crippen molar-refractivity contribution in [2.45, 2.75) is 25.5 Å². The van der Waals surface area contributed by atoms with Crippen LogP contribution < -0.4 is 4.74 Å². The Morgan fingerprint density at radius 3 is 2.36 bits per heavy atom. The zero-order valence-corrected chi connectivity index (χ0v) is 15.0. The molecule has 0 aromatic heterocycles. The van der Waals surface area contributed by atoms with Crippen molar-refractivity contribution in [3.8, 4) is 5.75 Å². The number of rotatable bonds is 6. The molecule has 0 amide bonds. The van der Waals surface area contributed by atoms with Gasteiger partial charge < -0.3 is 14.6 Å². The predicted molar refractivity (Wildman–Crippen MR) is 96.7 cm³/mol. The number of hydrogen-bond donors (Lipinski definition) is 1. The number of nitrogens with zero attached hydrogens (tertiary/aromatic N) is 2. The molecule has 25 heavy (non-hydrogen) atoms. The van der Waals surface area contributed by atoms with Crippen LogP contribution in [-0.2, 0) is 11.3 Å². The Kier molecular flexibility index (Phi) is 5.56. The summed E-state index contributed by atoms with van der Waals surface area (Å²) in [4.78, 5) is 4.89. The van der Waals surface area contributed by atoms with Gasteiger partial charge in [0.2, 0.25) is 0 Å². The first-order valence-corrected chi connectivity index (χ1v) is 9.70. The Labute approximate surface area is 150 Å². The van der Waals surface area contributed by atoms with E-state index in [-0.39, 0.29) is 6.10 Å². The van der Waals surface area contributed by atoms with Gasteiger partial charge in [0, 0.05) is 39.3 Å². The van der Waals surface area contributed by atoms with Crippen LogP contribution in [0.1, 0.15) is 18.4 Å². The van der Waals surface area contributed by atoms with E-state index in [0.29, 0.717) is 11.8 Å². The van der Waals surface area contributed by atoms with Crippen LogP contribution >= 0.6 is 0 Å². The van der Waals surface area contributed by atoms with E-state index < -0.39 is 0 Å². The highest BCUT2D eigenvalue weighted by molar-refractivity contribution is 5.27. The maximum atomic E-state index is 10.2.